The van der Waals surface area contributed by atoms with E-state index in [0.717, 1.165) is 16.2 Å². The number of hydrogen-bond donors (Lipinski definition) is 2. The molecule has 1 fully saturated rings. The number of aromatic nitrogens is 1. The van der Waals surface area contributed by atoms with Crippen molar-refractivity contribution in [2.75, 3.05) is 36.4 Å². The first kappa shape index (κ1) is 25.5. The van der Waals surface area contributed by atoms with Crippen LogP contribution in [0.1, 0.15) is 31.3 Å². The molecule has 2 heterocycles. The van der Waals surface area contributed by atoms with Gasteiger partial charge in [0, 0.05) is 36.8 Å². The topological polar surface area (TPSA) is 110 Å². The van der Waals surface area contributed by atoms with E-state index in [4.69, 9.17) is 5.26 Å². The predicted molar refractivity (Wildman–Crippen MR) is 129 cm³/mol. The van der Waals surface area contributed by atoms with Crippen molar-refractivity contribution in [1.29, 1.82) is 5.26 Å². The van der Waals surface area contributed by atoms with E-state index in [-0.39, 0.29) is 16.3 Å². The molecule has 186 valence electrons. The molecule has 1 amide bonds. The summed E-state index contributed by atoms with van der Waals surface area (Å²) in [6.07, 6.45) is -4.66. The van der Waals surface area contributed by atoms with E-state index in [1.54, 1.807) is 35.2 Å². The highest BCUT2D eigenvalue weighted by Crippen LogP contribution is 2.37. The van der Waals surface area contributed by atoms with Gasteiger partial charge in [-0.1, -0.05) is 23.5 Å². The minimum absolute atomic E-state index is 0.0609. The quantitative estimate of drug-likeness (QED) is 0.435. The van der Waals surface area contributed by atoms with Gasteiger partial charge in [0.05, 0.1) is 11.1 Å². The highest BCUT2D eigenvalue weighted by molar-refractivity contribution is 7.97. The van der Waals surface area contributed by atoms with E-state index in [2.05, 4.69) is 14.6 Å². The third-order valence-corrected chi connectivity index (χ3v) is 7.37. The normalized spacial score (nSPS) is 14.3. The van der Waals surface area contributed by atoms with E-state index in [0.29, 0.717) is 31.9 Å². The standard InChI is InChI=1S/C23H18F3N5O3S2/c24-23(25,26)19-18(13-27)35-22(29-19)30-9-11-31(12-10-30)36-15-7-5-14(6-8-15)28-20(32)16-3-1-2-4-17(16)21(33)34/h1-8H,9-12H2,(H,28,32)(H,33,34). The highest BCUT2D eigenvalue weighted by Gasteiger charge is 2.38. The molecule has 1 aliphatic heterocycles. The molecule has 0 unspecified atom stereocenters. The summed E-state index contributed by atoms with van der Waals surface area (Å²) < 4.78 is 41.3. The van der Waals surface area contributed by atoms with Crippen LogP contribution in [-0.2, 0) is 6.18 Å². The molecular formula is C23H18F3N5O3S2. The van der Waals surface area contributed by atoms with Crippen LogP contribution < -0.4 is 10.2 Å². The van der Waals surface area contributed by atoms with Gasteiger partial charge in [-0.3, -0.25) is 4.79 Å². The first-order valence-corrected chi connectivity index (χ1v) is 12.1. The van der Waals surface area contributed by atoms with Gasteiger partial charge >= 0.3 is 12.1 Å². The van der Waals surface area contributed by atoms with Crippen molar-refractivity contribution in [3.63, 3.8) is 0 Å². The SMILES string of the molecule is N#Cc1sc(N2CCN(Sc3ccc(NC(=O)c4ccccc4C(=O)O)cc3)CC2)nc1C(F)(F)F. The number of carboxylic acids is 1. The smallest absolute Gasteiger partial charge is 0.435 e. The number of amides is 1. The number of carbonyl (C=O) groups is 2. The van der Waals surface area contributed by atoms with Crippen molar-refractivity contribution in [3.05, 3.63) is 70.2 Å². The van der Waals surface area contributed by atoms with Gasteiger partial charge in [-0.05, 0) is 48.3 Å². The maximum Gasteiger partial charge on any atom is 0.435 e. The van der Waals surface area contributed by atoms with Gasteiger partial charge in [0.15, 0.2) is 10.8 Å². The summed E-state index contributed by atoms with van der Waals surface area (Å²) in [6.45, 7) is 2.05. The van der Waals surface area contributed by atoms with Gasteiger partial charge in [0.2, 0.25) is 0 Å². The number of anilines is 2. The van der Waals surface area contributed by atoms with Crippen molar-refractivity contribution < 1.29 is 27.9 Å². The van der Waals surface area contributed by atoms with Gasteiger partial charge in [-0.15, -0.1) is 0 Å². The Balaban J connectivity index is 1.33. The fourth-order valence-electron chi connectivity index (χ4n) is 3.50. The number of rotatable bonds is 6. The molecule has 36 heavy (non-hydrogen) atoms. The molecule has 2 N–H and O–H groups in total. The number of piperazine rings is 1. The molecule has 0 bridgehead atoms. The van der Waals surface area contributed by atoms with Gasteiger partial charge in [-0.2, -0.15) is 18.4 Å². The average molecular weight is 534 g/mol. The summed E-state index contributed by atoms with van der Waals surface area (Å²) in [5.74, 6) is -1.71. The lowest BCUT2D eigenvalue weighted by atomic mass is 10.1. The lowest BCUT2D eigenvalue weighted by Gasteiger charge is -2.33. The lowest BCUT2D eigenvalue weighted by Crippen LogP contribution is -2.43. The van der Waals surface area contributed by atoms with Crippen LogP contribution >= 0.6 is 23.3 Å². The first-order chi connectivity index (χ1) is 17.2. The van der Waals surface area contributed by atoms with Crippen molar-refractivity contribution in [2.24, 2.45) is 0 Å². The Hall–Kier alpha value is -3.60. The number of hydrogen-bond acceptors (Lipinski definition) is 8. The van der Waals surface area contributed by atoms with Crippen LogP contribution in [0.2, 0.25) is 0 Å². The molecule has 0 saturated carbocycles. The maximum absolute atomic E-state index is 13.1. The molecule has 0 spiro atoms. The zero-order valence-electron chi connectivity index (χ0n) is 18.5. The first-order valence-electron chi connectivity index (χ1n) is 10.6. The highest BCUT2D eigenvalue weighted by atomic mass is 32.2. The second-order valence-electron chi connectivity index (χ2n) is 7.62. The van der Waals surface area contributed by atoms with E-state index >= 15 is 0 Å². The number of nitrogens with zero attached hydrogens (tertiary/aromatic N) is 4. The summed E-state index contributed by atoms with van der Waals surface area (Å²) in [5.41, 5.74) is -0.657. The third kappa shape index (κ3) is 5.78. The fraction of sp³-hybridized carbons (Fsp3) is 0.217. The van der Waals surface area contributed by atoms with Crippen LogP contribution in [0.15, 0.2) is 53.4 Å². The summed E-state index contributed by atoms with van der Waals surface area (Å²) in [7, 11) is 0. The molecule has 0 atom stereocenters. The molecule has 4 rings (SSSR count). The molecule has 13 heteroatoms. The van der Waals surface area contributed by atoms with E-state index in [9.17, 15) is 27.9 Å². The van der Waals surface area contributed by atoms with Crippen molar-refractivity contribution in [1.82, 2.24) is 9.29 Å². The molecule has 3 aromatic rings. The summed E-state index contributed by atoms with van der Waals surface area (Å²) in [6, 6.07) is 14.6. The second-order valence-corrected chi connectivity index (χ2v) is 9.77. The Morgan fingerprint density at radius 2 is 1.69 bits per heavy atom. The van der Waals surface area contributed by atoms with Crippen LogP contribution in [0.4, 0.5) is 24.0 Å². The zero-order valence-corrected chi connectivity index (χ0v) is 20.1. The predicted octanol–water partition coefficient (Wildman–Crippen LogP) is 4.81. The number of alkyl halides is 3. The Morgan fingerprint density at radius 3 is 2.25 bits per heavy atom. The third-order valence-electron chi connectivity index (χ3n) is 5.24. The maximum atomic E-state index is 13.1. The molecule has 1 aliphatic rings. The van der Waals surface area contributed by atoms with Crippen LogP contribution in [0.3, 0.4) is 0 Å². The summed E-state index contributed by atoms with van der Waals surface area (Å²) in [4.78, 5) is 29.7. The minimum atomic E-state index is -4.66. The van der Waals surface area contributed by atoms with Crippen molar-refractivity contribution in [2.45, 2.75) is 11.1 Å². The second kappa shape index (κ2) is 10.6. The van der Waals surface area contributed by atoms with Crippen LogP contribution in [0, 0.1) is 11.3 Å². The van der Waals surface area contributed by atoms with Crippen molar-refractivity contribution >= 4 is 46.0 Å². The number of aromatic carboxylic acids is 1. The van der Waals surface area contributed by atoms with Gasteiger partial charge in [0.25, 0.3) is 5.91 Å². The van der Waals surface area contributed by atoms with E-state index in [1.165, 1.54) is 24.1 Å². The Bertz CT molecular complexity index is 1310. The number of halogens is 3. The number of nitrogens with one attached hydrogen (secondary N) is 1. The molecule has 2 aromatic carbocycles. The van der Waals surface area contributed by atoms with Gasteiger partial charge in [-0.25, -0.2) is 14.1 Å². The molecule has 1 aromatic heterocycles. The summed E-state index contributed by atoms with van der Waals surface area (Å²) >= 11 is 2.22. The number of benzene rings is 2. The van der Waals surface area contributed by atoms with Crippen molar-refractivity contribution in [3.8, 4) is 6.07 Å². The average Bonchev–Trinajstić information content (AvgIpc) is 3.31. The zero-order chi connectivity index (χ0) is 25.9. The Morgan fingerprint density at radius 1 is 1.06 bits per heavy atom. The minimum Gasteiger partial charge on any atom is -0.478 e. The lowest BCUT2D eigenvalue weighted by molar-refractivity contribution is -0.140. The molecule has 0 aliphatic carbocycles. The molecule has 8 nitrogen and oxygen atoms in total. The number of carboxylic acid groups (broad SMARTS) is 1. The van der Waals surface area contributed by atoms with E-state index < -0.39 is 28.6 Å². The Labute approximate surface area is 212 Å². The Kier molecular flexibility index (Phi) is 7.48. The van der Waals surface area contributed by atoms with Crippen LogP contribution in [-0.4, -0.2) is 52.5 Å². The molecular weight excluding hydrogens is 515 g/mol. The number of thiazole rings is 1. The monoisotopic (exact) mass is 533 g/mol. The van der Waals surface area contributed by atoms with Gasteiger partial charge < -0.3 is 15.3 Å². The van der Waals surface area contributed by atoms with Crippen LogP contribution in [0.25, 0.3) is 0 Å². The molecule has 0 radical (unpaired) electrons. The van der Waals surface area contributed by atoms with Gasteiger partial charge in [0.1, 0.15) is 10.9 Å². The molecule has 1 saturated heterocycles. The summed E-state index contributed by atoms with van der Waals surface area (Å²) in [5, 5.41) is 21.1. The largest absolute Gasteiger partial charge is 0.478 e. The van der Waals surface area contributed by atoms with Crippen LogP contribution in [0.5, 0.6) is 0 Å². The number of carbonyl (C=O) groups excluding carboxylic acids is 1. The number of nitriles is 1. The fourth-order valence-corrected chi connectivity index (χ4v) is 5.33. The van der Waals surface area contributed by atoms with E-state index in [1.807, 2.05) is 12.1 Å².